The van der Waals surface area contributed by atoms with Crippen molar-refractivity contribution in [2.45, 2.75) is 29.7 Å². The second kappa shape index (κ2) is 5.88. The van der Waals surface area contributed by atoms with E-state index in [-0.39, 0.29) is 6.40 Å². The molecular weight excluding hydrogens is 363 g/mol. The number of halogens is 7. The molecule has 2 rings (SSSR count). The molecule has 1 aliphatic heterocycles. The number of nitrogens with zero attached hydrogens (tertiary/aromatic N) is 1. The van der Waals surface area contributed by atoms with Crippen LogP contribution in [0, 0.1) is 0 Å². The molecule has 2 atom stereocenters. The Balaban J connectivity index is 2.76. The molecule has 4 nitrogen and oxygen atoms in total. The van der Waals surface area contributed by atoms with Crippen LogP contribution in [-0.4, -0.2) is 43.5 Å². The van der Waals surface area contributed by atoms with Crippen LogP contribution in [0.15, 0.2) is 35.3 Å². The highest BCUT2D eigenvalue weighted by molar-refractivity contribution is 5.82. The fraction of sp³-hybridized carbons (Fsp3) is 0.429. The molecule has 0 bridgehead atoms. The standard InChI is InChI=1S/C14H10F7NO3/c1-24-10(23)9-11(25-7-22-9,8-5-3-2-4-6-8)12(15,16)13(17,18)14(19,20)21/h2-7,9H,1H3/t9-,11+/m0/s1. The summed E-state index contributed by atoms with van der Waals surface area (Å²) in [7, 11) is 0.742. The first-order chi connectivity index (χ1) is 11.4. The summed E-state index contributed by atoms with van der Waals surface area (Å²) in [4.78, 5) is 14.9. The topological polar surface area (TPSA) is 47.9 Å². The zero-order chi connectivity index (χ0) is 19.1. The van der Waals surface area contributed by atoms with Crippen LogP contribution in [-0.2, 0) is 19.9 Å². The lowest BCUT2D eigenvalue weighted by Crippen LogP contribution is -2.66. The summed E-state index contributed by atoms with van der Waals surface area (Å²) in [6.07, 6.45) is -6.38. The maximum absolute atomic E-state index is 14.6. The molecular formula is C14H10F7NO3. The van der Waals surface area contributed by atoms with Crippen molar-refractivity contribution in [2.75, 3.05) is 7.11 Å². The second-order valence-corrected chi connectivity index (χ2v) is 5.05. The first-order valence-electron chi connectivity index (χ1n) is 6.58. The minimum Gasteiger partial charge on any atom is -0.467 e. The molecule has 11 heteroatoms. The first-order valence-corrected chi connectivity index (χ1v) is 6.58. The van der Waals surface area contributed by atoms with Gasteiger partial charge in [-0.2, -0.15) is 30.7 Å². The van der Waals surface area contributed by atoms with Crippen molar-refractivity contribution in [1.82, 2.24) is 0 Å². The van der Waals surface area contributed by atoms with Crippen LogP contribution in [0.4, 0.5) is 30.7 Å². The van der Waals surface area contributed by atoms with Crippen LogP contribution in [0.3, 0.4) is 0 Å². The summed E-state index contributed by atoms with van der Waals surface area (Å²) in [5.74, 6) is -14.0. The number of carbonyl (C=O) groups excluding carboxylic acids is 1. The molecule has 0 aromatic heterocycles. The summed E-state index contributed by atoms with van der Waals surface area (Å²) in [5.41, 5.74) is -4.53. The van der Waals surface area contributed by atoms with Gasteiger partial charge in [0, 0.05) is 5.56 Å². The highest BCUT2D eigenvalue weighted by atomic mass is 19.4. The largest absolute Gasteiger partial charge is 0.467 e. The van der Waals surface area contributed by atoms with Gasteiger partial charge in [-0.3, -0.25) is 0 Å². The molecule has 0 N–H and O–H groups in total. The SMILES string of the molecule is COC(=O)[C@@H]1N=CO[C@@]1(c1ccccc1)C(F)(F)C(F)(F)C(F)(F)F. The normalized spacial score (nSPS) is 24.1. The summed E-state index contributed by atoms with van der Waals surface area (Å²) in [6.45, 7) is 0. The molecule has 0 aliphatic carbocycles. The molecule has 0 radical (unpaired) electrons. The number of rotatable bonds is 4. The number of alkyl halides is 7. The molecule has 1 aliphatic rings. The predicted octanol–water partition coefficient (Wildman–Crippen LogP) is 3.31. The zero-order valence-corrected chi connectivity index (χ0v) is 12.4. The molecule has 0 spiro atoms. The monoisotopic (exact) mass is 373 g/mol. The van der Waals surface area contributed by atoms with E-state index in [1.165, 1.54) is 6.07 Å². The maximum Gasteiger partial charge on any atom is 0.460 e. The second-order valence-electron chi connectivity index (χ2n) is 5.05. The van der Waals surface area contributed by atoms with Crippen LogP contribution in [0.2, 0.25) is 0 Å². The number of benzene rings is 1. The van der Waals surface area contributed by atoms with Crippen molar-refractivity contribution in [1.29, 1.82) is 0 Å². The summed E-state index contributed by atoms with van der Waals surface area (Å²) in [5, 5.41) is 0. The van der Waals surface area contributed by atoms with Crippen LogP contribution >= 0.6 is 0 Å². The van der Waals surface area contributed by atoms with E-state index in [9.17, 15) is 35.5 Å². The average molecular weight is 373 g/mol. The van der Waals surface area contributed by atoms with E-state index in [0.29, 0.717) is 0 Å². The Labute approximate surface area is 136 Å². The quantitative estimate of drug-likeness (QED) is 0.601. The van der Waals surface area contributed by atoms with Crippen molar-refractivity contribution < 1.29 is 45.0 Å². The number of ether oxygens (including phenoxy) is 2. The van der Waals surface area contributed by atoms with Crippen molar-refractivity contribution in [2.24, 2.45) is 4.99 Å². The molecule has 0 saturated heterocycles. The van der Waals surface area contributed by atoms with Crippen LogP contribution in [0.5, 0.6) is 0 Å². The Hall–Kier alpha value is -2.33. The van der Waals surface area contributed by atoms with Gasteiger partial charge in [-0.05, 0) is 0 Å². The highest BCUT2D eigenvalue weighted by Crippen LogP contribution is 2.58. The summed E-state index contributed by atoms with van der Waals surface area (Å²) in [6, 6.07) is 2.70. The molecule has 138 valence electrons. The van der Waals surface area contributed by atoms with Crippen LogP contribution < -0.4 is 0 Å². The molecule has 1 heterocycles. The van der Waals surface area contributed by atoms with Gasteiger partial charge >= 0.3 is 24.0 Å². The Bertz CT molecular complexity index is 675. The number of carbonyl (C=O) groups is 1. The Morgan fingerprint density at radius 2 is 1.68 bits per heavy atom. The smallest absolute Gasteiger partial charge is 0.460 e. The Morgan fingerprint density at radius 3 is 2.16 bits per heavy atom. The number of hydrogen-bond acceptors (Lipinski definition) is 4. The maximum atomic E-state index is 14.6. The van der Waals surface area contributed by atoms with Gasteiger partial charge in [-0.1, -0.05) is 30.3 Å². The predicted molar refractivity (Wildman–Crippen MR) is 69.5 cm³/mol. The summed E-state index contributed by atoms with van der Waals surface area (Å²) < 4.78 is 103. The van der Waals surface area contributed by atoms with E-state index in [1.54, 1.807) is 0 Å². The molecule has 0 fully saturated rings. The molecule has 0 saturated carbocycles. The highest BCUT2D eigenvalue weighted by Gasteiger charge is 2.84. The fourth-order valence-corrected chi connectivity index (χ4v) is 2.43. The van der Waals surface area contributed by atoms with E-state index in [0.717, 1.165) is 31.4 Å². The van der Waals surface area contributed by atoms with Gasteiger partial charge in [-0.15, -0.1) is 0 Å². The van der Waals surface area contributed by atoms with Crippen LogP contribution in [0.25, 0.3) is 0 Å². The molecule has 0 amide bonds. The Morgan fingerprint density at radius 1 is 1.12 bits per heavy atom. The number of hydrogen-bond donors (Lipinski definition) is 0. The minimum absolute atomic E-state index is 0.231. The molecule has 0 unspecified atom stereocenters. The fourth-order valence-electron chi connectivity index (χ4n) is 2.43. The molecule has 1 aromatic carbocycles. The van der Waals surface area contributed by atoms with Gasteiger partial charge in [-0.25, -0.2) is 9.79 Å². The number of methoxy groups -OCH3 is 1. The third-order valence-electron chi connectivity index (χ3n) is 3.68. The van der Waals surface area contributed by atoms with Gasteiger partial charge < -0.3 is 9.47 Å². The van der Waals surface area contributed by atoms with Gasteiger partial charge in [0.05, 0.1) is 7.11 Å². The van der Waals surface area contributed by atoms with Crippen LogP contribution in [0.1, 0.15) is 5.56 Å². The van der Waals surface area contributed by atoms with E-state index in [1.807, 2.05) is 0 Å². The van der Waals surface area contributed by atoms with Gasteiger partial charge in [0.25, 0.3) is 0 Å². The minimum atomic E-state index is -6.61. The number of esters is 1. The molecule has 25 heavy (non-hydrogen) atoms. The lowest BCUT2D eigenvalue weighted by atomic mass is 9.78. The van der Waals surface area contributed by atoms with Crippen molar-refractivity contribution in [3.63, 3.8) is 0 Å². The lowest BCUT2D eigenvalue weighted by molar-refractivity contribution is -0.387. The first kappa shape index (κ1) is 19.0. The van der Waals surface area contributed by atoms with Gasteiger partial charge in [0.15, 0.2) is 6.40 Å². The molecule has 1 aromatic rings. The van der Waals surface area contributed by atoms with E-state index < -0.39 is 41.2 Å². The average Bonchev–Trinajstić information content (AvgIpc) is 3.00. The number of aliphatic imine (C=N–C) groups is 1. The van der Waals surface area contributed by atoms with Crippen molar-refractivity contribution in [3.8, 4) is 0 Å². The zero-order valence-electron chi connectivity index (χ0n) is 12.4. The van der Waals surface area contributed by atoms with E-state index in [2.05, 4.69) is 14.5 Å². The third kappa shape index (κ3) is 2.52. The van der Waals surface area contributed by atoms with E-state index >= 15 is 0 Å². The summed E-state index contributed by atoms with van der Waals surface area (Å²) >= 11 is 0. The van der Waals surface area contributed by atoms with Gasteiger partial charge in [0.2, 0.25) is 11.6 Å². The lowest BCUT2D eigenvalue weighted by Gasteiger charge is -2.42. The third-order valence-corrected chi connectivity index (χ3v) is 3.68. The van der Waals surface area contributed by atoms with Gasteiger partial charge in [0.1, 0.15) is 0 Å². The van der Waals surface area contributed by atoms with E-state index in [4.69, 9.17) is 0 Å². The van der Waals surface area contributed by atoms with Crippen molar-refractivity contribution in [3.05, 3.63) is 35.9 Å². The Kier molecular flexibility index (Phi) is 4.47. The van der Waals surface area contributed by atoms with Crippen molar-refractivity contribution >= 4 is 12.4 Å².